The van der Waals surface area contributed by atoms with Gasteiger partial charge in [0.05, 0.1) is 6.61 Å². The maximum absolute atomic E-state index is 12.7. The summed E-state index contributed by atoms with van der Waals surface area (Å²) in [6, 6.07) is 5.06. The van der Waals surface area contributed by atoms with Gasteiger partial charge in [-0.25, -0.2) is 4.79 Å². The van der Waals surface area contributed by atoms with Crippen LogP contribution in [0.5, 0.6) is 0 Å². The Morgan fingerprint density at radius 1 is 1.21 bits per heavy atom. The van der Waals surface area contributed by atoms with Gasteiger partial charge in [0.15, 0.2) is 0 Å². The highest BCUT2D eigenvalue weighted by Crippen LogP contribution is 2.28. The van der Waals surface area contributed by atoms with Crippen molar-refractivity contribution in [2.24, 2.45) is 5.41 Å². The molecular formula is C21H35ClN4O3. The molecule has 1 fully saturated rings. The van der Waals surface area contributed by atoms with Crippen LogP contribution in [0, 0.1) is 12.3 Å². The molecule has 8 heteroatoms. The standard InChI is InChI=1S/C21H34N4O3.ClH/c1-15-6-7-16(12-17(15)24-19(27)25-20(2,3)4)18(26)23-13-21(14-28-5)8-10-22-11-9-21;/h6-7,12,22H,8-11,13-14H2,1-5H3,(H,23,26)(H2,24,25,27);1H. The number of anilines is 1. The van der Waals surface area contributed by atoms with Gasteiger partial charge in [0.25, 0.3) is 5.91 Å². The number of halogens is 1. The lowest BCUT2D eigenvalue weighted by molar-refractivity contribution is 0.0512. The van der Waals surface area contributed by atoms with Crippen molar-refractivity contribution in [3.05, 3.63) is 29.3 Å². The zero-order valence-corrected chi connectivity index (χ0v) is 18.9. The second kappa shape index (κ2) is 10.8. The molecule has 29 heavy (non-hydrogen) atoms. The summed E-state index contributed by atoms with van der Waals surface area (Å²) in [5.41, 5.74) is 1.68. The molecule has 0 saturated carbocycles. The molecule has 0 spiro atoms. The summed E-state index contributed by atoms with van der Waals surface area (Å²) in [4.78, 5) is 24.9. The Balaban J connectivity index is 0.00000420. The molecule has 1 aliphatic heterocycles. The van der Waals surface area contributed by atoms with Gasteiger partial charge in [-0.2, -0.15) is 0 Å². The van der Waals surface area contributed by atoms with Crippen molar-refractivity contribution in [3.63, 3.8) is 0 Å². The fraction of sp³-hybridized carbons (Fsp3) is 0.619. The van der Waals surface area contributed by atoms with E-state index in [1.807, 2.05) is 33.8 Å². The molecule has 1 saturated heterocycles. The molecular weight excluding hydrogens is 392 g/mol. The molecule has 2 rings (SSSR count). The van der Waals surface area contributed by atoms with Gasteiger partial charge in [-0.1, -0.05) is 6.07 Å². The maximum atomic E-state index is 12.7. The number of hydrogen-bond acceptors (Lipinski definition) is 4. The van der Waals surface area contributed by atoms with E-state index in [9.17, 15) is 9.59 Å². The molecule has 0 bridgehead atoms. The van der Waals surface area contributed by atoms with Gasteiger partial charge in [-0.05, 0) is 71.3 Å². The van der Waals surface area contributed by atoms with Crippen LogP contribution >= 0.6 is 12.4 Å². The molecule has 1 aromatic rings. The minimum Gasteiger partial charge on any atom is -0.384 e. The van der Waals surface area contributed by atoms with Gasteiger partial charge in [-0.15, -0.1) is 12.4 Å². The maximum Gasteiger partial charge on any atom is 0.319 e. The number of aryl methyl sites for hydroxylation is 1. The van der Waals surface area contributed by atoms with E-state index in [1.165, 1.54) is 0 Å². The minimum absolute atomic E-state index is 0. The molecule has 4 N–H and O–H groups in total. The number of nitrogens with one attached hydrogen (secondary N) is 4. The van der Waals surface area contributed by atoms with E-state index in [4.69, 9.17) is 4.74 Å². The monoisotopic (exact) mass is 426 g/mol. The summed E-state index contributed by atoms with van der Waals surface area (Å²) < 4.78 is 5.41. The third-order valence-electron chi connectivity index (χ3n) is 4.98. The predicted molar refractivity (Wildman–Crippen MR) is 119 cm³/mol. The highest BCUT2D eigenvalue weighted by atomic mass is 35.5. The lowest BCUT2D eigenvalue weighted by atomic mass is 9.79. The van der Waals surface area contributed by atoms with Gasteiger partial charge < -0.3 is 26.0 Å². The van der Waals surface area contributed by atoms with E-state index in [-0.39, 0.29) is 35.3 Å². The summed E-state index contributed by atoms with van der Waals surface area (Å²) in [5.74, 6) is -0.145. The van der Waals surface area contributed by atoms with Crippen LogP contribution in [0.3, 0.4) is 0 Å². The van der Waals surface area contributed by atoms with Gasteiger partial charge in [-0.3, -0.25) is 4.79 Å². The Bertz CT molecular complexity index is 692. The largest absolute Gasteiger partial charge is 0.384 e. The lowest BCUT2D eigenvalue weighted by Gasteiger charge is -2.37. The first-order chi connectivity index (χ1) is 13.1. The normalized spacial score (nSPS) is 15.8. The Morgan fingerprint density at radius 3 is 2.45 bits per heavy atom. The number of rotatable bonds is 6. The van der Waals surface area contributed by atoms with Crippen molar-refractivity contribution in [3.8, 4) is 0 Å². The van der Waals surface area contributed by atoms with Gasteiger partial charge >= 0.3 is 6.03 Å². The van der Waals surface area contributed by atoms with Crippen molar-refractivity contribution < 1.29 is 14.3 Å². The quantitative estimate of drug-likeness (QED) is 0.562. The van der Waals surface area contributed by atoms with Gasteiger partial charge in [0, 0.05) is 35.9 Å². The van der Waals surface area contributed by atoms with Crippen LogP contribution in [0.1, 0.15) is 49.5 Å². The molecule has 0 radical (unpaired) electrons. The summed E-state index contributed by atoms with van der Waals surface area (Å²) in [5, 5.41) is 12.1. The average Bonchev–Trinajstić information content (AvgIpc) is 2.61. The summed E-state index contributed by atoms with van der Waals surface area (Å²) in [6.45, 7) is 10.7. The number of methoxy groups -OCH3 is 1. The van der Waals surface area contributed by atoms with Crippen LogP contribution in [0.2, 0.25) is 0 Å². The Labute approximate surface area is 180 Å². The topological polar surface area (TPSA) is 91.5 Å². The highest BCUT2D eigenvalue weighted by Gasteiger charge is 2.32. The van der Waals surface area contributed by atoms with Crippen molar-refractivity contribution in [1.29, 1.82) is 0 Å². The number of urea groups is 1. The van der Waals surface area contributed by atoms with Crippen molar-refractivity contribution >= 4 is 30.0 Å². The first-order valence-corrected chi connectivity index (χ1v) is 9.82. The van der Waals surface area contributed by atoms with E-state index in [0.717, 1.165) is 31.5 Å². The zero-order chi connectivity index (χ0) is 20.8. The van der Waals surface area contributed by atoms with E-state index in [2.05, 4.69) is 21.3 Å². The number of ether oxygens (including phenoxy) is 1. The molecule has 164 valence electrons. The minimum atomic E-state index is -0.336. The number of piperidine rings is 1. The first-order valence-electron chi connectivity index (χ1n) is 9.82. The van der Waals surface area contributed by atoms with Gasteiger partial charge in [0.1, 0.15) is 0 Å². The molecule has 0 aromatic heterocycles. The average molecular weight is 427 g/mol. The molecule has 0 aliphatic carbocycles. The third kappa shape index (κ3) is 7.84. The highest BCUT2D eigenvalue weighted by molar-refractivity contribution is 5.97. The van der Waals surface area contributed by atoms with Crippen LogP contribution in [-0.2, 0) is 4.74 Å². The summed E-state index contributed by atoms with van der Waals surface area (Å²) >= 11 is 0. The molecule has 0 unspecified atom stereocenters. The number of amides is 3. The van der Waals surface area contributed by atoms with Crippen LogP contribution in [0.15, 0.2) is 18.2 Å². The second-order valence-corrected chi connectivity index (χ2v) is 8.72. The molecule has 1 aromatic carbocycles. The molecule has 1 aliphatic rings. The molecule has 0 atom stereocenters. The lowest BCUT2D eigenvalue weighted by Crippen LogP contribution is -2.47. The van der Waals surface area contributed by atoms with E-state index in [0.29, 0.717) is 24.4 Å². The fourth-order valence-corrected chi connectivity index (χ4v) is 3.40. The Hall–Kier alpha value is -1.83. The predicted octanol–water partition coefficient (Wildman–Crippen LogP) is 3.08. The van der Waals surface area contributed by atoms with E-state index < -0.39 is 0 Å². The van der Waals surface area contributed by atoms with Crippen LogP contribution < -0.4 is 21.3 Å². The number of hydrogen-bond donors (Lipinski definition) is 4. The number of carbonyl (C=O) groups is 2. The van der Waals surface area contributed by atoms with Crippen LogP contribution in [0.25, 0.3) is 0 Å². The van der Waals surface area contributed by atoms with Crippen molar-refractivity contribution in [2.75, 3.05) is 38.7 Å². The second-order valence-electron chi connectivity index (χ2n) is 8.72. The van der Waals surface area contributed by atoms with Crippen molar-refractivity contribution in [1.82, 2.24) is 16.0 Å². The van der Waals surface area contributed by atoms with E-state index in [1.54, 1.807) is 19.2 Å². The Kier molecular flexibility index (Phi) is 9.39. The van der Waals surface area contributed by atoms with Crippen molar-refractivity contribution in [2.45, 2.75) is 46.1 Å². The summed E-state index contributed by atoms with van der Waals surface area (Å²) in [6.07, 6.45) is 1.93. The fourth-order valence-electron chi connectivity index (χ4n) is 3.40. The first kappa shape index (κ1) is 25.2. The number of carbonyl (C=O) groups excluding carboxylic acids is 2. The summed E-state index contributed by atoms with van der Waals surface area (Å²) in [7, 11) is 1.70. The molecule has 3 amide bonds. The van der Waals surface area contributed by atoms with Crippen LogP contribution in [0.4, 0.5) is 10.5 Å². The van der Waals surface area contributed by atoms with E-state index >= 15 is 0 Å². The number of benzene rings is 1. The zero-order valence-electron chi connectivity index (χ0n) is 18.1. The molecule has 1 heterocycles. The third-order valence-corrected chi connectivity index (χ3v) is 4.98. The van der Waals surface area contributed by atoms with Crippen LogP contribution in [-0.4, -0.2) is 50.8 Å². The SMILES string of the molecule is COCC1(CNC(=O)c2ccc(C)c(NC(=O)NC(C)(C)C)c2)CCNCC1.Cl. The smallest absolute Gasteiger partial charge is 0.319 e. The Morgan fingerprint density at radius 2 is 1.86 bits per heavy atom. The molecule has 7 nitrogen and oxygen atoms in total. The van der Waals surface area contributed by atoms with Gasteiger partial charge in [0.2, 0.25) is 0 Å².